The molecule has 1 amide bonds. The van der Waals surface area contributed by atoms with Crippen LogP contribution in [0.25, 0.3) is 0 Å². The third-order valence-corrected chi connectivity index (χ3v) is 2.35. The summed E-state index contributed by atoms with van der Waals surface area (Å²) >= 11 is 0. The number of anilines is 1. The van der Waals surface area contributed by atoms with Crippen molar-refractivity contribution >= 4 is 23.3 Å². The number of ketones is 1. The van der Waals surface area contributed by atoms with Crippen LogP contribution >= 0.6 is 0 Å². The Morgan fingerprint density at radius 2 is 2.00 bits per heavy atom. The van der Waals surface area contributed by atoms with Crippen molar-refractivity contribution in [3.8, 4) is 0 Å². The van der Waals surface area contributed by atoms with Gasteiger partial charge in [-0.2, -0.15) is 0 Å². The first-order valence-electron chi connectivity index (χ1n) is 4.22. The van der Waals surface area contributed by atoms with Gasteiger partial charge in [-0.3, -0.25) is 9.59 Å². The fourth-order valence-corrected chi connectivity index (χ4v) is 1.52. The number of carboxylic acid groups (broad SMARTS) is 1. The molecule has 0 atom stereocenters. The predicted octanol–water partition coefficient (Wildman–Crippen LogP) is 0.544. The standard InChI is InChI=1S/C10H7NO4/c1-11-7-3-2-5(10(14)15)4-6(7)8(12)9(11)13/h2-4H,1H3,(H,14,15). The second-order valence-electron chi connectivity index (χ2n) is 3.23. The quantitative estimate of drug-likeness (QED) is 0.679. The molecule has 1 N–H and O–H groups in total. The first-order chi connectivity index (χ1) is 7.02. The molecule has 0 radical (unpaired) electrons. The molecule has 0 saturated carbocycles. The van der Waals surface area contributed by atoms with Crippen LogP contribution in [0.4, 0.5) is 5.69 Å². The van der Waals surface area contributed by atoms with Crippen molar-refractivity contribution in [1.82, 2.24) is 0 Å². The van der Waals surface area contributed by atoms with Gasteiger partial charge in [-0.05, 0) is 18.2 Å². The topological polar surface area (TPSA) is 74.7 Å². The van der Waals surface area contributed by atoms with E-state index in [2.05, 4.69) is 0 Å². The highest BCUT2D eigenvalue weighted by Crippen LogP contribution is 2.28. The van der Waals surface area contributed by atoms with Crippen LogP contribution in [0.1, 0.15) is 20.7 Å². The predicted molar refractivity (Wildman–Crippen MR) is 51.1 cm³/mol. The Bertz CT molecular complexity index is 492. The lowest BCUT2D eigenvalue weighted by molar-refractivity contribution is -0.114. The summed E-state index contributed by atoms with van der Waals surface area (Å²) in [6, 6.07) is 4.05. The highest BCUT2D eigenvalue weighted by Gasteiger charge is 2.33. The molecule has 1 heterocycles. The van der Waals surface area contributed by atoms with Gasteiger partial charge in [-0.15, -0.1) is 0 Å². The molecule has 0 saturated heterocycles. The van der Waals surface area contributed by atoms with E-state index >= 15 is 0 Å². The van der Waals surface area contributed by atoms with Crippen molar-refractivity contribution in [2.75, 3.05) is 11.9 Å². The molecule has 1 aliphatic heterocycles. The SMILES string of the molecule is CN1C(=O)C(=O)c2cc(C(=O)O)ccc21. The summed E-state index contributed by atoms with van der Waals surface area (Å²) in [6.07, 6.45) is 0. The normalized spacial score (nSPS) is 14.3. The number of rotatable bonds is 1. The average Bonchev–Trinajstić information content (AvgIpc) is 2.44. The zero-order chi connectivity index (χ0) is 11.2. The second-order valence-corrected chi connectivity index (χ2v) is 3.23. The molecule has 15 heavy (non-hydrogen) atoms. The fraction of sp³-hybridized carbons (Fsp3) is 0.100. The molecule has 0 unspecified atom stereocenters. The molecule has 0 aliphatic carbocycles. The number of hydrogen-bond donors (Lipinski definition) is 1. The summed E-state index contributed by atoms with van der Waals surface area (Å²) in [5.74, 6) is -2.41. The highest BCUT2D eigenvalue weighted by molar-refractivity contribution is 6.52. The lowest BCUT2D eigenvalue weighted by atomic mass is 10.1. The van der Waals surface area contributed by atoms with Crippen LogP contribution in [-0.2, 0) is 4.79 Å². The lowest BCUT2D eigenvalue weighted by Crippen LogP contribution is -2.24. The number of carboxylic acids is 1. The second kappa shape index (κ2) is 2.91. The van der Waals surface area contributed by atoms with E-state index in [1.165, 1.54) is 30.1 Å². The molecule has 2 rings (SSSR count). The van der Waals surface area contributed by atoms with E-state index in [4.69, 9.17) is 5.11 Å². The van der Waals surface area contributed by atoms with E-state index in [1.54, 1.807) is 0 Å². The van der Waals surface area contributed by atoms with Crippen LogP contribution in [0.2, 0.25) is 0 Å². The number of carbonyl (C=O) groups is 3. The Hall–Kier alpha value is -2.17. The molecule has 0 aromatic heterocycles. The number of benzene rings is 1. The summed E-state index contributed by atoms with van der Waals surface area (Å²) in [5.41, 5.74) is 0.614. The van der Waals surface area contributed by atoms with Crippen molar-refractivity contribution in [2.45, 2.75) is 0 Å². The summed E-state index contributed by atoms with van der Waals surface area (Å²) in [4.78, 5) is 34.5. The number of nitrogens with zero attached hydrogens (tertiary/aromatic N) is 1. The number of aromatic carboxylic acids is 1. The first kappa shape index (κ1) is 9.39. The molecule has 0 spiro atoms. The van der Waals surface area contributed by atoms with E-state index in [0.29, 0.717) is 5.69 Å². The molecule has 1 aromatic rings. The smallest absolute Gasteiger partial charge is 0.335 e. The zero-order valence-electron chi connectivity index (χ0n) is 7.85. The van der Waals surface area contributed by atoms with Gasteiger partial charge in [0.05, 0.1) is 16.8 Å². The lowest BCUT2D eigenvalue weighted by Gasteiger charge is -2.07. The van der Waals surface area contributed by atoms with Crippen LogP contribution in [0.3, 0.4) is 0 Å². The van der Waals surface area contributed by atoms with Crippen molar-refractivity contribution in [2.24, 2.45) is 0 Å². The van der Waals surface area contributed by atoms with Gasteiger partial charge < -0.3 is 10.0 Å². The van der Waals surface area contributed by atoms with Gasteiger partial charge in [0.2, 0.25) is 0 Å². The summed E-state index contributed by atoms with van der Waals surface area (Å²) in [7, 11) is 1.48. The third-order valence-electron chi connectivity index (χ3n) is 2.35. The Balaban J connectivity index is 2.61. The van der Waals surface area contributed by atoms with Crippen LogP contribution in [0, 0.1) is 0 Å². The van der Waals surface area contributed by atoms with Gasteiger partial charge >= 0.3 is 5.97 Å². The molecule has 5 heteroatoms. The number of carbonyl (C=O) groups excluding carboxylic acids is 2. The van der Waals surface area contributed by atoms with E-state index in [1.807, 2.05) is 0 Å². The van der Waals surface area contributed by atoms with Crippen molar-refractivity contribution in [3.63, 3.8) is 0 Å². The number of fused-ring (bicyclic) bond motifs is 1. The summed E-state index contributed by atoms with van der Waals surface area (Å²) in [5, 5.41) is 8.72. The van der Waals surface area contributed by atoms with E-state index in [9.17, 15) is 14.4 Å². The number of likely N-dealkylation sites (N-methyl/N-ethyl adjacent to an activating group) is 1. The van der Waals surface area contributed by atoms with Crippen LogP contribution in [0.5, 0.6) is 0 Å². The van der Waals surface area contributed by atoms with Crippen LogP contribution in [-0.4, -0.2) is 29.8 Å². The number of hydrogen-bond acceptors (Lipinski definition) is 3. The minimum absolute atomic E-state index is 0.00481. The number of Topliss-reactive ketones (excluding diaryl/α,β-unsaturated/α-hetero) is 1. The van der Waals surface area contributed by atoms with Gasteiger partial charge in [0.1, 0.15) is 0 Å². The largest absolute Gasteiger partial charge is 0.478 e. The van der Waals surface area contributed by atoms with Gasteiger partial charge in [0, 0.05) is 7.05 Å². The van der Waals surface area contributed by atoms with Crippen LogP contribution < -0.4 is 4.90 Å². The molecular formula is C10H7NO4. The molecule has 0 bridgehead atoms. The number of amides is 1. The van der Waals surface area contributed by atoms with Crippen molar-refractivity contribution in [3.05, 3.63) is 29.3 Å². The van der Waals surface area contributed by atoms with E-state index in [0.717, 1.165) is 0 Å². The molecule has 5 nitrogen and oxygen atoms in total. The molecular weight excluding hydrogens is 198 g/mol. The maximum atomic E-state index is 11.4. The maximum Gasteiger partial charge on any atom is 0.335 e. The van der Waals surface area contributed by atoms with Gasteiger partial charge in [0.25, 0.3) is 11.7 Å². The van der Waals surface area contributed by atoms with Crippen molar-refractivity contribution in [1.29, 1.82) is 0 Å². The van der Waals surface area contributed by atoms with Crippen molar-refractivity contribution < 1.29 is 19.5 Å². The monoisotopic (exact) mass is 205 g/mol. The molecule has 76 valence electrons. The minimum Gasteiger partial charge on any atom is -0.478 e. The minimum atomic E-state index is -1.12. The Labute approximate surface area is 84.9 Å². The Morgan fingerprint density at radius 1 is 1.33 bits per heavy atom. The maximum absolute atomic E-state index is 11.4. The highest BCUT2D eigenvalue weighted by atomic mass is 16.4. The fourth-order valence-electron chi connectivity index (χ4n) is 1.52. The Kier molecular flexibility index (Phi) is 1.82. The van der Waals surface area contributed by atoms with Gasteiger partial charge in [0.15, 0.2) is 0 Å². The van der Waals surface area contributed by atoms with Crippen LogP contribution in [0.15, 0.2) is 18.2 Å². The first-order valence-corrected chi connectivity index (χ1v) is 4.22. The van der Waals surface area contributed by atoms with E-state index in [-0.39, 0.29) is 11.1 Å². The Morgan fingerprint density at radius 3 is 2.60 bits per heavy atom. The van der Waals surface area contributed by atoms with E-state index < -0.39 is 17.7 Å². The molecule has 0 fully saturated rings. The molecule has 1 aliphatic rings. The summed E-state index contributed by atoms with van der Waals surface area (Å²) in [6.45, 7) is 0. The molecule has 1 aromatic carbocycles. The summed E-state index contributed by atoms with van der Waals surface area (Å²) < 4.78 is 0. The zero-order valence-corrected chi connectivity index (χ0v) is 7.85. The third kappa shape index (κ3) is 1.20. The van der Waals surface area contributed by atoms with Gasteiger partial charge in [-0.1, -0.05) is 0 Å². The average molecular weight is 205 g/mol. The van der Waals surface area contributed by atoms with Gasteiger partial charge in [-0.25, -0.2) is 4.79 Å².